The molecule has 0 bridgehead atoms. The Hall–Kier alpha value is -2.54. The van der Waals surface area contributed by atoms with E-state index in [1.54, 1.807) is 31.1 Å². The molecule has 12 heteroatoms. The van der Waals surface area contributed by atoms with Gasteiger partial charge in [-0.25, -0.2) is 12.8 Å². The van der Waals surface area contributed by atoms with Gasteiger partial charge in [0.2, 0.25) is 21.8 Å². The Morgan fingerprint density at radius 3 is 2.74 bits per heavy atom. The van der Waals surface area contributed by atoms with Gasteiger partial charge >= 0.3 is 0 Å². The summed E-state index contributed by atoms with van der Waals surface area (Å²) in [6.07, 6.45) is 3.33. The molecule has 1 aromatic heterocycles. The van der Waals surface area contributed by atoms with E-state index in [0.29, 0.717) is 18.5 Å². The van der Waals surface area contributed by atoms with E-state index in [1.165, 1.54) is 16.4 Å². The number of aromatic nitrogens is 1. The number of aliphatic hydroxyl groups excluding tert-OH is 1. The first kappa shape index (κ1) is 24.6. The number of hydrogen-bond acceptors (Lipinski definition) is 6. The number of aliphatic hydroxyl groups is 1. The zero-order valence-electron chi connectivity index (χ0n) is 19.3. The van der Waals surface area contributed by atoms with Gasteiger partial charge in [0.05, 0.1) is 24.9 Å². The standard InChI is InChI=1S/C22H30FN5O5S/c1-12(24-2)21(30)26-18(11-29)22(31)27-7-6-19-20(27)16(10-28(19)34(3,32)33)15-9-25-17-8-13(23)4-5-14(15)17/h4-5,8-9,12,16,18-20,24-25,29H,6-7,10-11H2,1-3H3,(H,26,30). The number of likely N-dealkylation sites (tertiary alicyclic amines) is 1. The molecule has 5 unspecified atom stereocenters. The minimum atomic E-state index is -3.55. The van der Waals surface area contributed by atoms with Crippen LogP contribution in [0.2, 0.25) is 0 Å². The van der Waals surface area contributed by atoms with Crippen LogP contribution < -0.4 is 10.6 Å². The van der Waals surface area contributed by atoms with Crippen LogP contribution in [0.4, 0.5) is 4.39 Å². The molecule has 10 nitrogen and oxygen atoms in total. The van der Waals surface area contributed by atoms with E-state index in [1.807, 2.05) is 0 Å². The van der Waals surface area contributed by atoms with Gasteiger partial charge in [0.25, 0.3) is 0 Å². The molecule has 4 rings (SSSR count). The second kappa shape index (κ2) is 9.25. The van der Waals surface area contributed by atoms with E-state index >= 15 is 0 Å². The largest absolute Gasteiger partial charge is 0.394 e. The summed E-state index contributed by atoms with van der Waals surface area (Å²) >= 11 is 0. The minimum absolute atomic E-state index is 0.176. The van der Waals surface area contributed by atoms with Crippen molar-refractivity contribution in [3.63, 3.8) is 0 Å². The highest BCUT2D eigenvalue weighted by Crippen LogP contribution is 2.44. The summed E-state index contributed by atoms with van der Waals surface area (Å²) in [5.41, 5.74) is 1.38. The van der Waals surface area contributed by atoms with E-state index in [4.69, 9.17) is 0 Å². The van der Waals surface area contributed by atoms with Crippen molar-refractivity contribution in [3.8, 4) is 0 Å². The van der Waals surface area contributed by atoms with Crippen molar-refractivity contribution in [2.24, 2.45) is 0 Å². The zero-order valence-corrected chi connectivity index (χ0v) is 20.1. The Labute approximate surface area is 197 Å². The van der Waals surface area contributed by atoms with Crippen molar-refractivity contribution in [2.45, 2.75) is 43.4 Å². The number of nitrogens with zero attached hydrogens (tertiary/aromatic N) is 2. The predicted molar refractivity (Wildman–Crippen MR) is 124 cm³/mol. The first-order chi connectivity index (χ1) is 16.1. The molecule has 0 radical (unpaired) electrons. The molecule has 5 atom stereocenters. The first-order valence-electron chi connectivity index (χ1n) is 11.2. The summed E-state index contributed by atoms with van der Waals surface area (Å²) in [5.74, 6) is -1.64. The highest BCUT2D eigenvalue weighted by atomic mass is 32.2. The molecule has 2 aliphatic rings. The van der Waals surface area contributed by atoms with Crippen molar-refractivity contribution in [1.29, 1.82) is 0 Å². The van der Waals surface area contributed by atoms with E-state index in [9.17, 15) is 27.5 Å². The molecule has 2 saturated heterocycles. The summed E-state index contributed by atoms with van der Waals surface area (Å²) in [6.45, 7) is 1.52. The van der Waals surface area contributed by atoms with Crippen LogP contribution in [0.1, 0.15) is 24.8 Å². The van der Waals surface area contributed by atoms with Gasteiger partial charge in [-0.05, 0) is 44.2 Å². The Morgan fingerprint density at radius 1 is 1.35 bits per heavy atom. The second-order valence-corrected chi connectivity index (χ2v) is 10.9. The molecule has 2 aromatic rings. The van der Waals surface area contributed by atoms with Crippen molar-refractivity contribution in [1.82, 2.24) is 24.8 Å². The third kappa shape index (κ3) is 4.30. The molecule has 4 N–H and O–H groups in total. The van der Waals surface area contributed by atoms with Crippen LogP contribution in [-0.2, 0) is 19.6 Å². The quantitative estimate of drug-likeness (QED) is 0.417. The van der Waals surface area contributed by atoms with Gasteiger partial charge in [-0.3, -0.25) is 9.59 Å². The second-order valence-electron chi connectivity index (χ2n) is 9.01. The summed E-state index contributed by atoms with van der Waals surface area (Å²) in [4.78, 5) is 30.4. The van der Waals surface area contributed by atoms with Crippen LogP contribution in [0.3, 0.4) is 0 Å². The van der Waals surface area contributed by atoms with Gasteiger partial charge in [-0.15, -0.1) is 0 Å². The highest BCUT2D eigenvalue weighted by Gasteiger charge is 2.54. The number of H-pyrrole nitrogens is 1. The minimum Gasteiger partial charge on any atom is -0.394 e. The fourth-order valence-corrected chi connectivity index (χ4v) is 6.35. The third-order valence-electron chi connectivity index (χ3n) is 6.99. The fraction of sp³-hybridized carbons (Fsp3) is 0.545. The Bertz CT molecular complexity index is 1200. The SMILES string of the molecule is CNC(C)C(=O)NC(CO)C(=O)N1CCC2C1C(c1c[nH]c3cc(F)ccc13)CN2S(C)(=O)=O. The van der Waals surface area contributed by atoms with Crippen LogP contribution in [0, 0.1) is 5.82 Å². The monoisotopic (exact) mass is 495 g/mol. The van der Waals surface area contributed by atoms with Crippen molar-refractivity contribution in [3.05, 3.63) is 35.8 Å². The summed E-state index contributed by atoms with van der Waals surface area (Å²) in [5, 5.41) is 16.0. The number of sulfonamides is 1. The lowest BCUT2D eigenvalue weighted by Crippen LogP contribution is -2.56. The number of nitrogens with one attached hydrogen (secondary N) is 3. The number of amides is 2. The molecular weight excluding hydrogens is 465 g/mol. The van der Waals surface area contributed by atoms with Crippen LogP contribution >= 0.6 is 0 Å². The molecular formula is C22H30FN5O5S. The van der Waals surface area contributed by atoms with Crippen LogP contribution in [-0.4, -0.2) is 96.7 Å². The number of aromatic amines is 1. The number of halogens is 1. The fourth-order valence-electron chi connectivity index (χ4n) is 5.20. The molecule has 2 fully saturated rings. The summed E-state index contributed by atoms with van der Waals surface area (Å²) in [6, 6.07) is 1.74. The van der Waals surface area contributed by atoms with E-state index in [-0.39, 0.29) is 12.5 Å². The van der Waals surface area contributed by atoms with Crippen LogP contribution in [0.25, 0.3) is 10.9 Å². The number of fused-ring (bicyclic) bond motifs is 2. The molecule has 0 aliphatic carbocycles. The molecule has 2 amide bonds. The molecule has 3 heterocycles. The maximum atomic E-state index is 13.7. The molecule has 2 aliphatic heterocycles. The smallest absolute Gasteiger partial charge is 0.247 e. The number of benzene rings is 1. The topological polar surface area (TPSA) is 135 Å². The summed E-state index contributed by atoms with van der Waals surface area (Å²) < 4.78 is 40.3. The van der Waals surface area contributed by atoms with E-state index < -0.39 is 58.4 Å². The number of rotatable bonds is 7. The summed E-state index contributed by atoms with van der Waals surface area (Å²) in [7, 11) is -1.94. The zero-order chi connectivity index (χ0) is 24.8. The number of carbonyl (C=O) groups excluding carboxylic acids is 2. The van der Waals surface area contributed by atoms with Crippen molar-refractivity contribution in [2.75, 3.05) is 33.0 Å². The maximum absolute atomic E-state index is 13.7. The van der Waals surface area contributed by atoms with Gasteiger partial charge in [0.1, 0.15) is 11.9 Å². The average molecular weight is 496 g/mol. The number of likely N-dealkylation sites (N-methyl/N-ethyl adjacent to an activating group) is 1. The maximum Gasteiger partial charge on any atom is 0.247 e. The highest BCUT2D eigenvalue weighted by molar-refractivity contribution is 7.88. The number of hydrogen-bond donors (Lipinski definition) is 4. The Balaban J connectivity index is 1.69. The lowest BCUT2D eigenvalue weighted by molar-refractivity contribution is -0.138. The molecule has 34 heavy (non-hydrogen) atoms. The lowest BCUT2D eigenvalue weighted by Gasteiger charge is -2.31. The Morgan fingerprint density at radius 2 is 2.09 bits per heavy atom. The van der Waals surface area contributed by atoms with Crippen molar-refractivity contribution >= 4 is 32.7 Å². The third-order valence-corrected chi connectivity index (χ3v) is 8.26. The van der Waals surface area contributed by atoms with Gasteiger partial charge in [0, 0.05) is 42.1 Å². The van der Waals surface area contributed by atoms with E-state index in [2.05, 4.69) is 15.6 Å². The average Bonchev–Trinajstić information content (AvgIpc) is 3.49. The van der Waals surface area contributed by atoms with Gasteiger partial charge < -0.3 is 25.6 Å². The Kier molecular flexibility index (Phi) is 6.69. The van der Waals surface area contributed by atoms with Gasteiger partial charge in [-0.2, -0.15) is 4.31 Å². The molecule has 186 valence electrons. The number of carbonyl (C=O) groups is 2. The van der Waals surface area contributed by atoms with Crippen LogP contribution in [0.5, 0.6) is 0 Å². The van der Waals surface area contributed by atoms with Crippen LogP contribution in [0.15, 0.2) is 24.4 Å². The van der Waals surface area contributed by atoms with Gasteiger partial charge in [0.15, 0.2) is 0 Å². The normalized spacial score (nSPS) is 24.9. The van der Waals surface area contributed by atoms with Gasteiger partial charge in [-0.1, -0.05) is 0 Å². The van der Waals surface area contributed by atoms with E-state index in [0.717, 1.165) is 17.2 Å². The predicted octanol–water partition coefficient (Wildman–Crippen LogP) is -0.280. The molecule has 1 aromatic carbocycles. The molecule has 0 saturated carbocycles. The molecule has 0 spiro atoms. The lowest BCUT2D eigenvalue weighted by atomic mass is 9.91. The van der Waals surface area contributed by atoms with Crippen molar-refractivity contribution < 1.29 is 27.5 Å². The first-order valence-corrected chi connectivity index (χ1v) is 13.0.